The molecule has 2 rings (SSSR count). The number of guanidine groups is 1. The molecule has 0 saturated heterocycles. The number of nitrogens with one attached hydrogen (secondary N) is 2. The summed E-state index contributed by atoms with van der Waals surface area (Å²) < 4.78 is 8.64. The summed E-state index contributed by atoms with van der Waals surface area (Å²) in [5, 5.41) is 11.0. The van der Waals surface area contributed by atoms with Gasteiger partial charge in [0, 0.05) is 29.3 Å². The second-order valence-electron chi connectivity index (χ2n) is 5.70. The Hall–Kier alpha value is -1.29. The standard InChI is InChI=1S/C18H26BrN5O.HI/c1-5-20-18(22-12-17-13(2)23-24(4)14(17)3)21-9-10-25-16-8-6-7-15(19)11-16;/h6-8,11H,5,9-10,12H2,1-4H3,(H2,20,21,22);1H. The molecule has 1 aromatic heterocycles. The molecule has 0 amide bonds. The third kappa shape index (κ3) is 6.79. The lowest BCUT2D eigenvalue weighted by molar-refractivity contribution is 0.321. The lowest BCUT2D eigenvalue weighted by Gasteiger charge is -2.12. The molecule has 1 heterocycles. The largest absolute Gasteiger partial charge is 0.492 e. The molecule has 6 nitrogen and oxygen atoms in total. The number of ether oxygens (including phenoxy) is 1. The lowest BCUT2D eigenvalue weighted by Crippen LogP contribution is -2.39. The zero-order valence-corrected chi connectivity index (χ0v) is 19.6. The number of aliphatic imine (C=N–C) groups is 1. The summed E-state index contributed by atoms with van der Waals surface area (Å²) in [6.45, 7) is 8.78. The second-order valence-corrected chi connectivity index (χ2v) is 6.62. The molecule has 1 aromatic carbocycles. The van der Waals surface area contributed by atoms with E-state index >= 15 is 0 Å². The highest BCUT2D eigenvalue weighted by atomic mass is 127. The van der Waals surface area contributed by atoms with Crippen LogP contribution >= 0.6 is 39.9 Å². The summed E-state index contributed by atoms with van der Waals surface area (Å²) in [6, 6.07) is 7.83. The van der Waals surface area contributed by atoms with Gasteiger partial charge in [-0.05, 0) is 39.0 Å². The first kappa shape index (κ1) is 22.8. The molecule has 0 aliphatic carbocycles. The van der Waals surface area contributed by atoms with E-state index < -0.39 is 0 Å². The fraction of sp³-hybridized carbons (Fsp3) is 0.444. The maximum absolute atomic E-state index is 5.73. The van der Waals surface area contributed by atoms with Gasteiger partial charge in [0.25, 0.3) is 0 Å². The molecule has 0 atom stereocenters. The molecule has 0 bridgehead atoms. The van der Waals surface area contributed by atoms with Gasteiger partial charge in [0.15, 0.2) is 5.96 Å². The molecule has 2 aromatic rings. The van der Waals surface area contributed by atoms with Crippen LogP contribution in [0.4, 0.5) is 0 Å². The van der Waals surface area contributed by atoms with Crippen LogP contribution in [0.1, 0.15) is 23.9 Å². The van der Waals surface area contributed by atoms with Crippen LogP contribution < -0.4 is 15.4 Å². The Labute approximate surface area is 181 Å². The first-order chi connectivity index (χ1) is 12.0. The monoisotopic (exact) mass is 535 g/mol. The number of hydrogen-bond acceptors (Lipinski definition) is 3. The third-order valence-electron chi connectivity index (χ3n) is 3.86. The Morgan fingerprint density at radius 2 is 2.08 bits per heavy atom. The zero-order chi connectivity index (χ0) is 18.2. The highest BCUT2D eigenvalue weighted by Gasteiger charge is 2.08. The quantitative estimate of drug-likeness (QED) is 0.246. The van der Waals surface area contributed by atoms with Crippen LogP contribution in [-0.2, 0) is 13.6 Å². The number of benzene rings is 1. The number of aromatic nitrogens is 2. The average molecular weight is 536 g/mol. The SMILES string of the molecule is CCNC(=NCc1c(C)nn(C)c1C)NCCOc1cccc(Br)c1.I. The van der Waals surface area contributed by atoms with E-state index in [0.717, 1.165) is 34.1 Å². The number of nitrogens with zero attached hydrogens (tertiary/aromatic N) is 3. The van der Waals surface area contributed by atoms with Crippen LogP contribution in [0.2, 0.25) is 0 Å². The van der Waals surface area contributed by atoms with E-state index in [1.165, 1.54) is 5.56 Å². The van der Waals surface area contributed by atoms with Gasteiger partial charge in [-0.25, -0.2) is 4.99 Å². The van der Waals surface area contributed by atoms with Crippen molar-refractivity contribution < 1.29 is 4.74 Å². The topological polar surface area (TPSA) is 63.5 Å². The summed E-state index contributed by atoms with van der Waals surface area (Å²) in [5.74, 6) is 1.63. The minimum absolute atomic E-state index is 0. The molecule has 2 N–H and O–H groups in total. The summed E-state index contributed by atoms with van der Waals surface area (Å²) in [5.41, 5.74) is 3.35. The summed E-state index contributed by atoms with van der Waals surface area (Å²) >= 11 is 3.44. The van der Waals surface area contributed by atoms with Gasteiger partial charge in [-0.1, -0.05) is 22.0 Å². The van der Waals surface area contributed by atoms with Crippen molar-refractivity contribution >= 4 is 45.9 Å². The smallest absolute Gasteiger partial charge is 0.191 e. The van der Waals surface area contributed by atoms with E-state index in [-0.39, 0.29) is 24.0 Å². The maximum atomic E-state index is 5.73. The first-order valence-electron chi connectivity index (χ1n) is 8.41. The second kappa shape index (κ2) is 11.4. The van der Waals surface area contributed by atoms with Gasteiger partial charge in [0.1, 0.15) is 12.4 Å². The summed E-state index contributed by atoms with van der Waals surface area (Å²) in [6.07, 6.45) is 0. The van der Waals surface area contributed by atoms with E-state index in [2.05, 4.69) is 50.5 Å². The molecule has 0 saturated carbocycles. The molecule has 144 valence electrons. The molecule has 0 aliphatic rings. The van der Waals surface area contributed by atoms with Crippen molar-refractivity contribution in [3.8, 4) is 5.75 Å². The summed E-state index contributed by atoms with van der Waals surface area (Å²) in [7, 11) is 1.96. The van der Waals surface area contributed by atoms with Crippen molar-refractivity contribution in [2.75, 3.05) is 19.7 Å². The fourth-order valence-electron chi connectivity index (χ4n) is 2.44. The molecule has 0 aliphatic heterocycles. The Kier molecular flexibility index (Phi) is 10.0. The van der Waals surface area contributed by atoms with Gasteiger partial charge >= 0.3 is 0 Å². The van der Waals surface area contributed by atoms with Crippen molar-refractivity contribution in [3.05, 3.63) is 45.7 Å². The normalized spacial score (nSPS) is 11.0. The molecule has 0 fully saturated rings. The van der Waals surface area contributed by atoms with E-state index in [9.17, 15) is 0 Å². The number of halogens is 2. The van der Waals surface area contributed by atoms with Gasteiger partial charge in [-0.3, -0.25) is 4.68 Å². The Bertz CT molecular complexity index is 732. The molecular formula is C18H27BrIN5O. The van der Waals surface area contributed by atoms with Crippen molar-refractivity contribution in [2.45, 2.75) is 27.3 Å². The van der Waals surface area contributed by atoms with Gasteiger partial charge in [0.2, 0.25) is 0 Å². The van der Waals surface area contributed by atoms with Gasteiger partial charge < -0.3 is 15.4 Å². The van der Waals surface area contributed by atoms with Crippen LogP contribution in [0.15, 0.2) is 33.7 Å². The average Bonchev–Trinajstić information content (AvgIpc) is 2.82. The molecule has 8 heteroatoms. The van der Waals surface area contributed by atoms with Crippen LogP contribution in [0, 0.1) is 13.8 Å². The lowest BCUT2D eigenvalue weighted by atomic mass is 10.2. The highest BCUT2D eigenvalue weighted by Crippen LogP contribution is 2.17. The molecular weight excluding hydrogens is 509 g/mol. The van der Waals surface area contributed by atoms with E-state index in [0.29, 0.717) is 19.7 Å². The number of hydrogen-bond donors (Lipinski definition) is 2. The predicted molar refractivity (Wildman–Crippen MR) is 121 cm³/mol. The van der Waals surface area contributed by atoms with E-state index in [4.69, 9.17) is 4.74 Å². The van der Waals surface area contributed by atoms with Crippen molar-refractivity contribution in [1.82, 2.24) is 20.4 Å². The third-order valence-corrected chi connectivity index (χ3v) is 4.35. The number of rotatable bonds is 7. The van der Waals surface area contributed by atoms with Crippen LogP contribution in [-0.4, -0.2) is 35.4 Å². The molecule has 0 spiro atoms. The van der Waals surface area contributed by atoms with Crippen LogP contribution in [0.3, 0.4) is 0 Å². The summed E-state index contributed by atoms with van der Waals surface area (Å²) in [4.78, 5) is 4.66. The molecule has 26 heavy (non-hydrogen) atoms. The minimum Gasteiger partial charge on any atom is -0.492 e. The number of aryl methyl sites for hydroxylation is 2. The van der Waals surface area contributed by atoms with Crippen molar-refractivity contribution in [3.63, 3.8) is 0 Å². The highest BCUT2D eigenvalue weighted by molar-refractivity contribution is 14.0. The minimum atomic E-state index is 0. The maximum Gasteiger partial charge on any atom is 0.191 e. The van der Waals surface area contributed by atoms with E-state index in [1.807, 2.05) is 42.9 Å². The van der Waals surface area contributed by atoms with E-state index in [1.54, 1.807) is 0 Å². The van der Waals surface area contributed by atoms with Crippen LogP contribution in [0.5, 0.6) is 5.75 Å². The fourth-order valence-corrected chi connectivity index (χ4v) is 2.82. The molecule has 0 radical (unpaired) electrons. The predicted octanol–water partition coefficient (Wildman–Crippen LogP) is 3.55. The van der Waals surface area contributed by atoms with Gasteiger partial charge in [-0.2, -0.15) is 5.10 Å². The Morgan fingerprint density at radius 3 is 2.69 bits per heavy atom. The van der Waals surface area contributed by atoms with Crippen molar-refractivity contribution in [2.24, 2.45) is 12.0 Å². The molecule has 0 unspecified atom stereocenters. The Balaban J connectivity index is 0.00000338. The van der Waals surface area contributed by atoms with Crippen LogP contribution in [0.25, 0.3) is 0 Å². The Morgan fingerprint density at radius 1 is 1.31 bits per heavy atom. The zero-order valence-electron chi connectivity index (χ0n) is 15.7. The van der Waals surface area contributed by atoms with Gasteiger partial charge in [0.05, 0.1) is 18.8 Å². The van der Waals surface area contributed by atoms with Crippen molar-refractivity contribution in [1.29, 1.82) is 0 Å². The first-order valence-corrected chi connectivity index (χ1v) is 9.20. The van der Waals surface area contributed by atoms with Gasteiger partial charge in [-0.15, -0.1) is 24.0 Å².